The molecule has 11 atom stereocenters. The van der Waals surface area contributed by atoms with Crippen LogP contribution in [0.2, 0.25) is 0 Å². The zero-order valence-electron chi connectivity index (χ0n) is 22.8. The summed E-state index contributed by atoms with van der Waals surface area (Å²) in [4.78, 5) is 11.8. The number of carbonyl (C=O) groups is 1. The third kappa shape index (κ3) is 5.30. The number of fused-ring (bicyclic) bond motifs is 5. The van der Waals surface area contributed by atoms with Gasteiger partial charge in [-0.1, -0.05) is 36.7 Å². The van der Waals surface area contributed by atoms with Gasteiger partial charge in [-0.15, -0.1) is 0 Å². The van der Waals surface area contributed by atoms with Crippen molar-refractivity contribution in [2.24, 2.45) is 46.3 Å². The van der Waals surface area contributed by atoms with Gasteiger partial charge in [-0.25, -0.2) is 0 Å². The number of aliphatic hydroxyl groups excluding tert-OH is 2. The predicted octanol–water partition coefficient (Wildman–Crippen LogP) is 4.97. The van der Waals surface area contributed by atoms with Crippen LogP contribution < -0.4 is 0 Å². The normalized spacial score (nSPS) is 44.9. The summed E-state index contributed by atoms with van der Waals surface area (Å²) in [7, 11) is 1.45. The van der Waals surface area contributed by atoms with Crippen molar-refractivity contribution in [1.82, 2.24) is 0 Å². The van der Waals surface area contributed by atoms with Crippen LogP contribution in [0.15, 0.2) is 0 Å². The Morgan fingerprint density at radius 2 is 1.83 bits per heavy atom. The lowest BCUT2D eigenvalue weighted by Crippen LogP contribution is -2.62. The summed E-state index contributed by atoms with van der Waals surface area (Å²) in [5.74, 6) is 1.95. The summed E-state index contributed by atoms with van der Waals surface area (Å²) < 4.78 is 16.6. The van der Waals surface area contributed by atoms with Gasteiger partial charge in [0.2, 0.25) is 0 Å². The lowest BCUT2D eigenvalue weighted by Gasteiger charge is -2.63. The van der Waals surface area contributed by atoms with Crippen molar-refractivity contribution in [3.63, 3.8) is 0 Å². The quantitative estimate of drug-likeness (QED) is 0.218. The number of methoxy groups -OCH3 is 1. The zero-order chi connectivity index (χ0) is 26.1. The van der Waals surface area contributed by atoms with E-state index in [-0.39, 0.29) is 41.0 Å². The largest absolute Gasteiger partial charge is 0.469 e. The molecule has 4 aliphatic carbocycles. The van der Waals surface area contributed by atoms with Crippen molar-refractivity contribution in [3.05, 3.63) is 0 Å². The molecule has 0 saturated heterocycles. The Balaban J connectivity index is 1.44. The molecule has 7 heteroatoms. The van der Waals surface area contributed by atoms with Crippen molar-refractivity contribution in [1.29, 1.82) is 0 Å². The monoisotopic (exact) mass is 572 g/mol. The average Bonchev–Trinajstić information content (AvgIpc) is 3.22. The van der Waals surface area contributed by atoms with Gasteiger partial charge in [0.05, 0.1) is 45.2 Å². The molecule has 0 aromatic heterocycles. The SMILES string of the molecule is COC(=O)CC[C@@H](C)[C@H]1CC[C@H]2[C@@H]3[C@H](O)C[C@@H]4C[C@H](OCCOCCBr)CC[C@]4(C)[C@H]3C[C@H](O)[C@]12C. The number of aliphatic hydroxyl groups is 2. The van der Waals surface area contributed by atoms with Crippen LogP contribution >= 0.6 is 15.9 Å². The van der Waals surface area contributed by atoms with E-state index < -0.39 is 0 Å². The highest BCUT2D eigenvalue weighted by atomic mass is 79.9. The summed E-state index contributed by atoms with van der Waals surface area (Å²) >= 11 is 3.38. The second-order valence-electron chi connectivity index (χ2n) is 12.8. The molecular weight excluding hydrogens is 524 g/mol. The predicted molar refractivity (Wildman–Crippen MR) is 143 cm³/mol. The highest BCUT2D eigenvalue weighted by Crippen LogP contribution is 2.68. The van der Waals surface area contributed by atoms with Crippen LogP contribution in [0.25, 0.3) is 0 Å². The Morgan fingerprint density at radius 3 is 2.56 bits per heavy atom. The van der Waals surface area contributed by atoms with Crippen LogP contribution in [0.3, 0.4) is 0 Å². The second kappa shape index (κ2) is 11.9. The van der Waals surface area contributed by atoms with Gasteiger partial charge in [-0.05, 0) is 97.7 Å². The maximum atomic E-state index is 11.8. The van der Waals surface area contributed by atoms with Crippen molar-refractivity contribution >= 4 is 21.9 Å². The van der Waals surface area contributed by atoms with Gasteiger partial charge < -0.3 is 24.4 Å². The molecule has 0 amide bonds. The zero-order valence-corrected chi connectivity index (χ0v) is 24.4. The minimum absolute atomic E-state index is 0.146. The van der Waals surface area contributed by atoms with E-state index in [2.05, 4.69) is 36.7 Å². The van der Waals surface area contributed by atoms with Gasteiger partial charge in [0, 0.05) is 11.8 Å². The first kappa shape index (κ1) is 28.8. The first-order chi connectivity index (χ1) is 17.2. The molecule has 2 N–H and O–H groups in total. The van der Waals surface area contributed by atoms with Gasteiger partial charge in [0.1, 0.15) is 0 Å². The van der Waals surface area contributed by atoms with E-state index in [9.17, 15) is 15.0 Å². The lowest BCUT2D eigenvalue weighted by molar-refractivity contribution is -0.209. The fourth-order valence-electron chi connectivity index (χ4n) is 9.35. The van der Waals surface area contributed by atoms with Crippen LogP contribution in [0.4, 0.5) is 0 Å². The molecule has 0 aliphatic heterocycles. The fourth-order valence-corrected chi connectivity index (χ4v) is 9.57. The minimum atomic E-state index is -0.361. The molecule has 0 radical (unpaired) electrons. The second-order valence-corrected chi connectivity index (χ2v) is 13.6. The summed E-state index contributed by atoms with van der Waals surface area (Å²) in [5, 5.41) is 24.2. The lowest BCUT2D eigenvalue weighted by atomic mass is 9.43. The van der Waals surface area contributed by atoms with E-state index in [4.69, 9.17) is 14.2 Å². The topological polar surface area (TPSA) is 85.2 Å². The number of halogens is 1. The Labute approximate surface area is 226 Å². The molecule has 0 aromatic rings. The van der Waals surface area contributed by atoms with Gasteiger partial charge in [0.25, 0.3) is 0 Å². The Kier molecular flexibility index (Phi) is 9.51. The summed E-state index contributed by atoms with van der Waals surface area (Å²) in [5.41, 5.74) is -0.0521. The first-order valence-corrected chi connectivity index (χ1v) is 15.5. The maximum absolute atomic E-state index is 11.8. The van der Waals surface area contributed by atoms with Crippen molar-refractivity contribution in [3.8, 4) is 0 Å². The van der Waals surface area contributed by atoms with E-state index in [1.165, 1.54) is 7.11 Å². The molecule has 0 spiro atoms. The van der Waals surface area contributed by atoms with Crippen LogP contribution in [-0.4, -0.2) is 66.8 Å². The average molecular weight is 574 g/mol. The minimum Gasteiger partial charge on any atom is -0.469 e. The Hall–Kier alpha value is -0.210. The fraction of sp³-hybridized carbons (Fsp3) is 0.966. The number of alkyl halides is 1. The van der Waals surface area contributed by atoms with Gasteiger partial charge in [-0.2, -0.15) is 0 Å². The molecule has 4 saturated carbocycles. The number of carbonyl (C=O) groups excluding carboxylic acids is 1. The van der Waals surface area contributed by atoms with E-state index in [0.29, 0.717) is 55.8 Å². The Morgan fingerprint density at radius 1 is 1.06 bits per heavy atom. The molecule has 0 heterocycles. The number of hydrogen-bond donors (Lipinski definition) is 2. The van der Waals surface area contributed by atoms with Crippen LogP contribution in [-0.2, 0) is 19.0 Å². The summed E-state index contributed by atoms with van der Waals surface area (Å²) in [6, 6.07) is 0. The molecular formula is C29H49BrO6. The molecule has 36 heavy (non-hydrogen) atoms. The number of hydrogen-bond acceptors (Lipinski definition) is 6. The molecule has 4 rings (SSSR count). The van der Waals surface area contributed by atoms with Crippen molar-refractivity contribution in [2.45, 2.75) is 96.9 Å². The van der Waals surface area contributed by atoms with Crippen LogP contribution in [0.5, 0.6) is 0 Å². The first-order valence-electron chi connectivity index (χ1n) is 14.3. The standard InChI is InChI=1S/C29H49BrO6/c1-18(5-8-26(33)34-4)21-6-7-22-27-23(17-25(32)29(21,22)3)28(2)10-9-20(15-19(28)16-24(27)31)36-14-13-35-12-11-30/h18-25,27,31-32H,5-17H2,1-4H3/t18-,19+,20-,21-,22+,23+,24-,25+,27+,28+,29-/m1/s1. The third-order valence-corrected chi connectivity index (χ3v) is 11.7. The smallest absolute Gasteiger partial charge is 0.305 e. The van der Waals surface area contributed by atoms with Crippen molar-refractivity contribution < 1.29 is 29.2 Å². The third-order valence-electron chi connectivity index (χ3n) is 11.3. The van der Waals surface area contributed by atoms with Crippen LogP contribution in [0.1, 0.15) is 78.6 Å². The maximum Gasteiger partial charge on any atom is 0.305 e. The molecule has 0 bridgehead atoms. The molecule has 4 aliphatic rings. The molecule has 4 fully saturated rings. The number of ether oxygens (including phenoxy) is 3. The number of rotatable bonds is 10. The van der Waals surface area contributed by atoms with Crippen LogP contribution in [0, 0.1) is 46.3 Å². The van der Waals surface area contributed by atoms with E-state index in [1.54, 1.807) is 0 Å². The molecule has 6 nitrogen and oxygen atoms in total. The van der Waals surface area contributed by atoms with Gasteiger partial charge in [-0.3, -0.25) is 4.79 Å². The van der Waals surface area contributed by atoms with Gasteiger partial charge in [0.15, 0.2) is 0 Å². The molecule has 0 aromatic carbocycles. The van der Waals surface area contributed by atoms with E-state index in [1.807, 2.05) is 0 Å². The highest BCUT2D eigenvalue weighted by molar-refractivity contribution is 9.09. The summed E-state index contributed by atoms with van der Waals surface area (Å²) in [6.45, 7) is 8.93. The molecule has 0 unspecified atom stereocenters. The van der Waals surface area contributed by atoms with Crippen molar-refractivity contribution in [2.75, 3.05) is 32.3 Å². The van der Waals surface area contributed by atoms with Gasteiger partial charge >= 0.3 is 5.97 Å². The van der Waals surface area contributed by atoms with E-state index in [0.717, 1.165) is 56.7 Å². The molecule has 208 valence electrons. The van der Waals surface area contributed by atoms with E-state index >= 15 is 0 Å². The summed E-state index contributed by atoms with van der Waals surface area (Å²) in [6.07, 6.45) is 7.74. The Bertz CT molecular complexity index is 749. The highest BCUT2D eigenvalue weighted by Gasteiger charge is 2.65. The number of esters is 1.